The standard InChI is InChI=1S/C20H19ClN2O4S2/c1-11-9-12(18(21)13-10-16(28-2)29(26,27)20(11)13)19(25)17-14(5-3-6-15(17)24)23-8-4-7-22-23/h4,7-9,16H,3,5-6,10H2,1-2H3. The molecule has 0 fully saturated rings. The predicted octanol–water partition coefficient (Wildman–Crippen LogP) is 3.71. The van der Waals surface area contributed by atoms with E-state index in [1.807, 2.05) is 0 Å². The Morgan fingerprint density at radius 1 is 1.34 bits per heavy atom. The summed E-state index contributed by atoms with van der Waals surface area (Å²) in [6.45, 7) is 1.66. The lowest BCUT2D eigenvalue weighted by atomic mass is 9.88. The third kappa shape index (κ3) is 3.17. The molecule has 1 atom stereocenters. The number of thioether (sulfide) groups is 1. The first-order chi connectivity index (χ1) is 13.8. The van der Waals surface area contributed by atoms with Crippen molar-refractivity contribution in [2.75, 3.05) is 6.26 Å². The van der Waals surface area contributed by atoms with Crippen LogP contribution in [0.25, 0.3) is 5.70 Å². The van der Waals surface area contributed by atoms with Gasteiger partial charge in [-0.15, -0.1) is 11.8 Å². The zero-order valence-electron chi connectivity index (χ0n) is 15.9. The van der Waals surface area contributed by atoms with Gasteiger partial charge >= 0.3 is 0 Å². The van der Waals surface area contributed by atoms with E-state index in [4.69, 9.17) is 11.6 Å². The van der Waals surface area contributed by atoms with E-state index >= 15 is 0 Å². The Balaban J connectivity index is 1.89. The molecule has 29 heavy (non-hydrogen) atoms. The number of ketones is 2. The van der Waals surface area contributed by atoms with E-state index in [1.165, 1.54) is 17.8 Å². The van der Waals surface area contributed by atoms with Gasteiger partial charge in [0.1, 0.15) is 4.58 Å². The maximum Gasteiger partial charge on any atom is 0.199 e. The monoisotopic (exact) mass is 450 g/mol. The quantitative estimate of drug-likeness (QED) is 0.521. The fraction of sp³-hybridized carbons (Fsp3) is 0.350. The van der Waals surface area contributed by atoms with Crippen molar-refractivity contribution in [1.82, 2.24) is 9.78 Å². The number of nitrogens with zero attached hydrogens (tertiary/aromatic N) is 2. The summed E-state index contributed by atoms with van der Waals surface area (Å²) in [7, 11) is -3.50. The molecule has 0 amide bonds. The number of allylic oxidation sites excluding steroid dienone is 2. The average Bonchev–Trinajstić information content (AvgIpc) is 3.30. The molecule has 0 spiro atoms. The molecule has 1 aromatic carbocycles. The largest absolute Gasteiger partial charge is 0.294 e. The Hall–Kier alpha value is -1.90. The first kappa shape index (κ1) is 20.4. The summed E-state index contributed by atoms with van der Waals surface area (Å²) in [5.74, 6) is -0.711. The van der Waals surface area contributed by atoms with E-state index in [1.54, 1.807) is 36.3 Å². The van der Waals surface area contributed by atoms with Crippen LogP contribution >= 0.6 is 23.4 Å². The third-order valence-corrected chi connectivity index (χ3v) is 9.85. The van der Waals surface area contributed by atoms with E-state index in [-0.39, 0.29) is 39.7 Å². The Kier molecular flexibility index (Phi) is 5.21. The van der Waals surface area contributed by atoms with Crippen molar-refractivity contribution in [3.63, 3.8) is 0 Å². The van der Waals surface area contributed by atoms with Gasteiger partial charge in [0.2, 0.25) is 0 Å². The minimum absolute atomic E-state index is 0.0865. The van der Waals surface area contributed by atoms with Gasteiger partial charge < -0.3 is 0 Å². The van der Waals surface area contributed by atoms with Gasteiger partial charge in [0.25, 0.3) is 0 Å². The first-order valence-electron chi connectivity index (χ1n) is 9.17. The van der Waals surface area contributed by atoms with Crippen LogP contribution in [-0.4, -0.2) is 40.6 Å². The van der Waals surface area contributed by atoms with Crippen LogP contribution in [0.2, 0.25) is 5.02 Å². The Labute approximate surface area is 178 Å². The fourth-order valence-electron chi connectivity index (χ4n) is 4.08. The second-order valence-corrected chi connectivity index (χ2v) is 10.9. The molecule has 2 heterocycles. The van der Waals surface area contributed by atoms with Crippen LogP contribution in [0, 0.1) is 6.92 Å². The number of hydrogen-bond donors (Lipinski definition) is 0. The molecule has 0 bridgehead atoms. The molecule has 1 aromatic heterocycles. The van der Waals surface area contributed by atoms with Crippen molar-refractivity contribution in [2.45, 2.75) is 42.1 Å². The minimum atomic E-state index is -3.50. The highest BCUT2D eigenvalue weighted by atomic mass is 35.5. The van der Waals surface area contributed by atoms with E-state index in [2.05, 4.69) is 5.10 Å². The second-order valence-electron chi connectivity index (χ2n) is 7.16. The summed E-state index contributed by atoms with van der Waals surface area (Å²) in [6.07, 6.45) is 6.77. The molecule has 0 radical (unpaired) electrons. The van der Waals surface area contributed by atoms with Crippen LogP contribution < -0.4 is 0 Å². The zero-order valence-corrected chi connectivity index (χ0v) is 18.3. The van der Waals surface area contributed by atoms with Crippen molar-refractivity contribution in [2.24, 2.45) is 0 Å². The summed E-state index contributed by atoms with van der Waals surface area (Å²) in [5.41, 5.74) is 1.77. The molecule has 9 heteroatoms. The number of hydrogen-bond acceptors (Lipinski definition) is 6. The van der Waals surface area contributed by atoms with E-state index in [0.29, 0.717) is 29.7 Å². The lowest BCUT2D eigenvalue weighted by Gasteiger charge is -2.20. The molecule has 1 aliphatic carbocycles. The third-order valence-electron chi connectivity index (χ3n) is 5.40. The van der Waals surface area contributed by atoms with Crippen molar-refractivity contribution in [3.05, 3.63) is 51.8 Å². The smallest absolute Gasteiger partial charge is 0.199 e. The molecule has 2 aliphatic rings. The highest BCUT2D eigenvalue weighted by Gasteiger charge is 2.41. The topological polar surface area (TPSA) is 86.1 Å². The SMILES string of the molecule is CSC1Cc2c(Cl)c(C(=O)C3=C(n4cccn4)CCCC3=O)cc(C)c2S1(=O)=O. The molecule has 2 aromatic rings. The van der Waals surface area contributed by atoms with E-state index < -0.39 is 20.2 Å². The zero-order chi connectivity index (χ0) is 20.9. The molecule has 0 N–H and O–H groups in total. The minimum Gasteiger partial charge on any atom is -0.294 e. The van der Waals surface area contributed by atoms with Gasteiger partial charge in [-0.2, -0.15) is 5.10 Å². The predicted molar refractivity (Wildman–Crippen MR) is 113 cm³/mol. The van der Waals surface area contributed by atoms with Crippen LogP contribution in [-0.2, 0) is 21.1 Å². The molecule has 6 nitrogen and oxygen atoms in total. The van der Waals surface area contributed by atoms with Crippen LogP contribution in [0.15, 0.2) is 35.0 Å². The summed E-state index contributed by atoms with van der Waals surface area (Å²) in [6, 6.07) is 3.23. The lowest BCUT2D eigenvalue weighted by Crippen LogP contribution is -2.22. The van der Waals surface area contributed by atoms with E-state index in [0.717, 1.165) is 0 Å². The lowest BCUT2D eigenvalue weighted by molar-refractivity contribution is -0.115. The number of rotatable bonds is 4. The summed E-state index contributed by atoms with van der Waals surface area (Å²) < 4.78 is 26.5. The number of halogens is 1. The number of sulfone groups is 1. The van der Waals surface area contributed by atoms with Crippen molar-refractivity contribution in [3.8, 4) is 0 Å². The number of carbonyl (C=O) groups is 2. The Morgan fingerprint density at radius 2 is 2.10 bits per heavy atom. The highest BCUT2D eigenvalue weighted by molar-refractivity contribution is 8.13. The van der Waals surface area contributed by atoms with Gasteiger partial charge in [0.15, 0.2) is 21.4 Å². The highest BCUT2D eigenvalue weighted by Crippen LogP contribution is 2.43. The maximum atomic E-state index is 13.4. The summed E-state index contributed by atoms with van der Waals surface area (Å²) in [5, 5.41) is 4.30. The molecule has 1 aliphatic heterocycles. The van der Waals surface area contributed by atoms with Crippen LogP contribution in [0.1, 0.15) is 40.7 Å². The number of fused-ring (bicyclic) bond motifs is 1. The van der Waals surface area contributed by atoms with Gasteiger partial charge in [-0.1, -0.05) is 11.6 Å². The molecular weight excluding hydrogens is 432 g/mol. The van der Waals surface area contributed by atoms with Gasteiger partial charge in [-0.3, -0.25) is 9.59 Å². The van der Waals surface area contributed by atoms with E-state index in [9.17, 15) is 18.0 Å². The number of aromatic nitrogens is 2. The number of Topliss-reactive ketones (excluding diaryl/α,β-unsaturated/α-hetero) is 2. The Bertz CT molecular complexity index is 1170. The average molecular weight is 451 g/mol. The number of aryl methyl sites for hydroxylation is 1. The van der Waals surface area contributed by atoms with Crippen LogP contribution in [0.4, 0.5) is 0 Å². The first-order valence-corrected chi connectivity index (χ1v) is 12.4. The second kappa shape index (κ2) is 7.41. The molecule has 4 rings (SSSR count). The van der Waals surface area contributed by atoms with Crippen molar-refractivity contribution in [1.29, 1.82) is 0 Å². The number of benzene rings is 1. The molecule has 0 saturated heterocycles. The van der Waals surface area contributed by atoms with Gasteiger partial charge in [-0.05, 0) is 49.3 Å². The summed E-state index contributed by atoms with van der Waals surface area (Å²) in [4.78, 5) is 26.3. The normalized spacial score (nSPS) is 20.8. The number of carbonyl (C=O) groups excluding carboxylic acids is 2. The Morgan fingerprint density at radius 3 is 2.76 bits per heavy atom. The summed E-state index contributed by atoms with van der Waals surface area (Å²) >= 11 is 7.81. The van der Waals surface area contributed by atoms with Gasteiger partial charge in [0.05, 0.1) is 21.2 Å². The molecule has 1 unspecified atom stereocenters. The fourth-order valence-corrected chi connectivity index (χ4v) is 7.77. The van der Waals surface area contributed by atoms with Crippen molar-refractivity contribution < 1.29 is 18.0 Å². The van der Waals surface area contributed by atoms with Gasteiger partial charge in [0, 0.05) is 30.8 Å². The molecule has 0 saturated carbocycles. The van der Waals surface area contributed by atoms with Crippen LogP contribution in [0.3, 0.4) is 0 Å². The molecular formula is C20H19ClN2O4S2. The van der Waals surface area contributed by atoms with Gasteiger partial charge in [-0.25, -0.2) is 13.1 Å². The molecule has 152 valence electrons. The van der Waals surface area contributed by atoms with Crippen molar-refractivity contribution >= 4 is 50.5 Å². The van der Waals surface area contributed by atoms with Crippen LogP contribution in [0.5, 0.6) is 0 Å². The maximum absolute atomic E-state index is 13.4.